The van der Waals surface area contributed by atoms with Crippen LogP contribution >= 0.6 is 11.6 Å². The molecule has 1 saturated carbocycles. The summed E-state index contributed by atoms with van der Waals surface area (Å²) in [6.07, 6.45) is 7.64. The molecular weight excluding hydrogens is 428 g/mol. The fourth-order valence-corrected chi connectivity index (χ4v) is 5.36. The van der Waals surface area contributed by atoms with Gasteiger partial charge in [-0.1, -0.05) is 42.8 Å². The van der Waals surface area contributed by atoms with E-state index >= 15 is 0 Å². The maximum atomic E-state index is 9.04. The largest absolute Gasteiger partial charge is 0.371 e. The van der Waals surface area contributed by atoms with Crippen LogP contribution in [0.1, 0.15) is 71.8 Å². The summed E-state index contributed by atoms with van der Waals surface area (Å²) in [6, 6.07) is 14.9. The molecular formula is C28H29ClN4. The number of aromatic amines is 1. The second-order valence-corrected chi connectivity index (χ2v) is 9.81. The van der Waals surface area contributed by atoms with E-state index in [0.29, 0.717) is 17.0 Å². The highest BCUT2D eigenvalue weighted by Crippen LogP contribution is 2.43. The Morgan fingerprint density at radius 1 is 1.12 bits per heavy atom. The Kier molecular flexibility index (Phi) is 6.00. The zero-order chi connectivity index (χ0) is 22.9. The first-order valence-corrected chi connectivity index (χ1v) is 12.2. The molecule has 5 heteroatoms. The molecule has 2 aliphatic rings. The number of hydrogen-bond donors (Lipinski definition) is 1. The molecule has 2 fully saturated rings. The van der Waals surface area contributed by atoms with Gasteiger partial charge in [0.15, 0.2) is 0 Å². The number of nitrogens with one attached hydrogen (secondary N) is 1. The number of piperidine rings is 1. The summed E-state index contributed by atoms with van der Waals surface area (Å²) < 4.78 is 0. The smallest absolute Gasteiger partial charge is 0.138 e. The summed E-state index contributed by atoms with van der Waals surface area (Å²) in [5.74, 6) is 1.98. The van der Waals surface area contributed by atoms with Crippen LogP contribution in [0.25, 0.3) is 17.1 Å². The van der Waals surface area contributed by atoms with Gasteiger partial charge in [-0.05, 0) is 79.3 Å². The Balaban J connectivity index is 1.36. The highest BCUT2D eigenvalue weighted by molar-refractivity contribution is 6.29. The Morgan fingerprint density at radius 2 is 1.85 bits per heavy atom. The lowest BCUT2D eigenvalue weighted by Crippen LogP contribution is -2.31. The first-order valence-electron chi connectivity index (χ1n) is 11.8. The van der Waals surface area contributed by atoms with Gasteiger partial charge < -0.3 is 9.88 Å². The van der Waals surface area contributed by atoms with Gasteiger partial charge in [-0.2, -0.15) is 5.26 Å². The first-order chi connectivity index (χ1) is 16.0. The highest BCUT2D eigenvalue weighted by Gasteiger charge is 2.27. The van der Waals surface area contributed by atoms with Crippen LogP contribution in [0, 0.1) is 18.3 Å². The number of nitriles is 1. The number of imidazole rings is 1. The molecule has 0 bridgehead atoms. The number of rotatable bonds is 5. The summed E-state index contributed by atoms with van der Waals surface area (Å²) in [7, 11) is 0. The van der Waals surface area contributed by atoms with Gasteiger partial charge in [0.05, 0.1) is 17.8 Å². The van der Waals surface area contributed by atoms with Crippen molar-refractivity contribution in [2.75, 3.05) is 13.1 Å². The van der Waals surface area contributed by atoms with Gasteiger partial charge in [0.2, 0.25) is 0 Å². The Bertz CT molecular complexity index is 1210. The number of aryl methyl sites for hydroxylation is 1. The van der Waals surface area contributed by atoms with Crippen LogP contribution in [-0.2, 0) is 0 Å². The van der Waals surface area contributed by atoms with Crippen molar-refractivity contribution in [2.45, 2.75) is 50.9 Å². The summed E-state index contributed by atoms with van der Waals surface area (Å²) in [4.78, 5) is 10.2. The second kappa shape index (κ2) is 9.08. The summed E-state index contributed by atoms with van der Waals surface area (Å²) in [5.41, 5.74) is 8.14. The van der Waals surface area contributed by atoms with Gasteiger partial charge >= 0.3 is 0 Å². The van der Waals surface area contributed by atoms with Crippen molar-refractivity contribution in [2.24, 2.45) is 0 Å². The topological polar surface area (TPSA) is 55.7 Å². The van der Waals surface area contributed by atoms with Crippen molar-refractivity contribution >= 4 is 17.3 Å². The maximum absolute atomic E-state index is 9.04. The van der Waals surface area contributed by atoms with Crippen molar-refractivity contribution in [3.8, 4) is 17.5 Å². The third kappa shape index (κ3) is 4.30. The fourth-order valence-electron chi connectivity index (χ4n) is 5.22. The lowest BCUT2D eigenvalue weighted by atomic mass is 9.77. The van der Waals surface area contributed by atoms with Crippen molar-refractivity contribution in [3.63, 3.8) is 0 Å². The van der Waals surface area contributed by atoms with Gasteiger partial charge in [-0.3, -0.25) is 0 Å². The molecule has 33 heavy (non-hydrogen) atoms. The van der Waals surface area contributed by atoms with E-state index < -0.39 is 0 Å². The third-order valence-electron chi connectivity index (χ3n) is 7.44. The molecule has 0 amide bonds. The lowest BCUT2D eigenvalue weighted by Gasteiger charge is -2.36. The molecule has 3 aromatic rings. The van der Waals surface area contributed by atoms with Crippen LogP contribution in [0.4, 0.5) is 0 Å². The van der Waals surface area contributed by atoms with Crippen molar-refractivity contribution in [1.82, 2.24) is 14.9 Å². The molecule has 1 N–H and O–H groups in total. The molecule has 168 valence electrons. The highest BCUT2D eigenvalue weighted by atomic mass is 35.5. The van der Waals surface area contributed by atoms with E-state index in [2.05, 4.69) is 58.7 Å². The number of likely N-dealkylation sites (tertiary alicyclic amines) is 1. The molecule has 5 rings (SSSR count). The minimum atomic E-state index is 0.532. The molecule has 0 atom stereocenters. The predicted octanol–water partition coefficient (Wildman–Crippen LogP) is 7.03. The van der Waals surface area contributed by atoms with Crippen molar-refractivity contribution < 1.29 is 0 Å². The average molecular weight is 457 g/mol. The van der Waals surface area contributed by atoms with E-state index in [0.717, 1.165) is 48.6 Å². The van der Waals surface area contributed by atoms with Gasteiger partial charge in [0.1, 0.15) is 11.0 Å². The summed E-state index contributed by atoms with van der Waals surface area (Å²) >= 11 is 6.17. The monoisotopic (exact) mass is 456 g/mol. The van der Waals surface area contributed by atoms with Crippen molar-refractivity contribution in [3.05, 3.63) is 82.1 Å². The van der Waals surface area contributed by atoms with Gasteiger partial charge in [-0.25, -0.2) is 4.98 Å². The number of benzene rings is 2. The zero-order valence-corrected chi connectivity index (χ0v) is 19.8. The molecule has 1 aliphatic carbocycles. The van der Waals surface area contributed by atoms with E-state index in [-0.39, 0.29) is 0 Å². The first kappa shape index (κ1) is 21.8. The normalized spacial score (nSPS) is 16.9. The SMILES string of the molecule is C=C(c1cc(-c2ncc(Cl)[nH]2)c(C2CCC2)cc1C)N1CCC(c2ccc(C#N)cc2)CC1. The van der Waals surface area contributed by atoms with Gasteiger partial charge in [0.25, 0.3) is 0 Å². The summed E-state index contributed by atoms with van der Waals surface area (Å²) in [6.45, 7) is 8.67. The summed E-state index contributed by atoms with van der Waals surface area (Å²) in [5, 5.41) is 9.61. The Hall–Kier alpha value is -3.03. The standard InChI is InChI=1S/C28H29ClN4/c1-18-14-25(23-4-3-5-23)26(28-31-17-27(29)32-28)15-24(18)19(2)33-12-10-22(11-13-33)21-8-6-20(16-30)7-9-21/h6-9,14-15,17,22-23H,2-5,10-13H2,1H3,(H,31,32). The van der Waals surface area contributed by atoms with Crippen LogP contribution in [0.15, 0.2) is 49.2 Å². The van der Waals surface area contributed by atoms with Crippen LogP contribution < -0.4 is 0 Å². The molecule has 1 aliphatic heterocycles. The molecule has 0 unspecified atom stereocenters. The Labute approximate surface area is 200 Å². The van der Waals surface area contributed by atoms with E-state index in [1.54, 1.807) is 6.20 Å². The number of halogens is 1. The molecule has 1 aromatic heterocycles. The fraction of sp³-hybridized carbons (Fsp3) is 0.357. The minimum absolute atomic E-state index is 0.532. The molecule has 0 spiro atoms. The maximum Gasteiger partial charge on any atom is 0.138 e. The van der Waals surface area contributed by atoms with Crippen LogP contribution in [0.5, 0.6) is 0 Å². The lowest BCUT2D eigenvalue weighted by molar-refractivity contribution is 0.299. The molecule has 2 aromatic carbocycles. The number of hydrogen-bond acceptors (Lipinski definition) is 3. The number of aromatic nitrogens is 2. The minimum Gasteiger partial charge on any atom is -0.371 e. The molecule has 1 saturated heterocycles. The van der Waals surface area contributed by atoms with Gasteiger partial charge in [0, 0.05) is 29.9 Å². The van der Waals surface area contributed by atoms with Crippen LogP contribution in [-0.4, -0.2) is 28.0 Å². The zero-order valence-electron chi connectivity index (χ0n) is 19.1. The predicted molar refractivity (Wildman–Crippen MR) is 134 cm³/mol. The number of nitrogens with zero attached hydrogens (tertiary/aromatic N) is 3. The second-order valence-electron chi connectivity index (χ2n) is 9.40. The van der Waals surface area contributed by atoms with Crippen molar-refractivity contribution in [1.29, 1.82) is 5.26 Å². The van der Waals surface area contributed by atoms with E-state index in [4.69, 9.17) is 16.9 Å². The van der Waals surface area contributed by atoms with E-state index in [9.17, 15) is 0 Å². The molecule has 4 nitrogen and oxygen atoms in total. The van der Waals surface area contributed by atoms with Crippen LogP contribution in [0.2, 0.25) is 5.15 Å². The molecule has 0 radical (unpaired) electrons. The molecule has 2 heterocycles. The van der Waals surface area contributed by atoms with Gasteiger partial charge in [-0.15, -0.1) is 0 Å². The average Bonchev–Trinajstić information content (AvgIpc) is 3.24. The van der Waals surface area contributed by atoms with E-state index in [1.165, 1.54) is 41.5 Å². The third-order valence-corrected chi connectivity index (χ3v) is 7.63. The Morgan fingerprint density at radius 3 is 2.42 bits per heavy atom. The van der Waals surface area contributed by atoms with Crippen LogP contribution in [0.3, 0.4) is 0 Å². The number of H-pyrrole nitrogens is 1. The quantitative estimate of drug-likeness (QED) is 0.448. The van der Waals surface area contributed by atoms with E-state index in [1.807, 2.05) is 12.1 Å².